The van der Waals surface area contributed by atoms with E-state index in [9.17, 15) is 18.0 Å². The number of carbonyl (C=O) groups excluding carboxylic acids is 1. The lowest BCUT2D eigenvalue weighted by atomic mass is 10.0. The Labute approximate surface area is 190 Å². The predicted molar refractivity (Wildman–Crippen MR) is 125 cm³/mol. The highest BCUT2D eigenvalue weighted by molar-refractivity contribution is 7.89. The van der Waals surface area contributed by atoms with E-state index in [0.717, 1.165) is 11.1 Å². The summed E-state index contributed by atoms with van der Waals surface area (Å²) in [5, 5.41) is 3.07. The van der Waals surface area contributed by atoms with Gasteiger partial charge in [-0.3, -0.25) is 9.59 Å². The molecular formula is C24H20N4O4S. The molecule has 9 heteroatoms. The molecule has 1 aliphatic rings. The van der Waals surface area contributed by atoms with Gasteiger partial charge in [-0.05, 0) is 53.9 Å². The number of hydrogen-bond donors (Lipinski definition) is 2. The van der Waals surface area contributed by atoms with E-state index >= 15 is 0 Å². The van der Waals surface area contributed by atoms with Crippen molar-refractivity contribution in [3.05, 3.63) is 100 Å². The Balaban J connectivity index is 1.39. The molecule has 0 aliphatic carbocycles. The van der Waals surface area contributed by atoms with Crippen molar-refractivity contribution in [3.8, 4) is 0 Å². The van der Waals surface area contributed by atoms with Gasteiger partial charge >= 0.3 is 0 Å². The quantitative estimate of drug-likeness (QED) is 0.486. The van der Waals surface area contributed by atoms with Crippen LogP contribution in [0, 0.1) is 0 Å². The van der Waals surface area contributed by atoms with Crippen molar-refractivity contribution in [1.82, 2.24) is 14.3 Å². The van der Waals surface area contributed by atoms with Crippen LogP contribution in [0.1, 0.15) is 21.5 Å². The summed E-state index contributed by atoms with van der Waals surface area (Å²) in [6, 6.07) is 18.6. The minimum Gasteiger partial charge on any atom is -0.322 e. The first-order chi connectivity index (χ1) is 15.9. The molecule has 0 spiro atoms. The SMILES string of the molecule is O=C(Nc1ccc2nc[nH]c(=O)c2c1)c1cccc(S(=O)(=O)N2CCc3ccccc3C2)c1. The van der Waals surface area contributed by atoms with Gasteiger partial charge < -0.3 is 10.3 Å². The third kappa shape index (κ3) is 4.04. The molecule has 1 aromatic heterocycles. The number of sulfonamides is 1. The highest BCUT2D eigenvalue weighted by Crippen LogP contribution is 2.25. The molecule has 1 amide bonds. The molecule has 2 N–H and O–H groups in total. The average Bonchev–Trinajstić information content (AvgIpc) is 2.84. The third-order valence-corrected chi connectivity index (χ3v) is 7.57. The molecule has 0 fully saturated rings. The molecule has 0 unspecified atom stereocenters. The fourth-order valence-corrected chi connectivity index (χ4v) is 5.44. The number of hydrogen-bond acceptors (Lipinski definition) is 5. The van der Waals surface area contributed by atoms with E-state index in [-0.39, 0.29) is 16.0 Å². The Morgan fingerprint density at radius 1 is 1.00 bits per heavy atom. The predicted octanol–water partition coefficient (Wildman–Crippen LogP) is 2.92. The highest BCUT2D eigenvalue weighted by atomic mass is 32.2. The molecule has 4 aromatic rings. The minimum absolute atomic E-state index is 0.0636. The van der Waals surface area contributed by atoms with Crippen molar-refractivity contribution in [3.63, 3.8) is 0 Å². The van der Waals surface area contributed by atoms with Gasteiger partial charge in [-0.15, -0.1) is 0 Å². The van der Waals surface area contributed by atoms with Crippen LogP contribution in [-0.2, 0) is 23.0 Å². The van der Waals surface area contributed by atoms with E-state index in [1.54, 1.807) is 24.3 Å². The molecular weight excluding hydrogens is 440 g/mol. The lowest BCUT2D eigenvalue weighted by Gasteiger charge is -2.28. The number of aromatic nitrogens is 2. The molecule has 5 rings (SSSR count). The summed E-state index contributed by atoms with van der Waals surface area (Å²) >= 11 is 0. The van der Waals surface area contributed by atoms with Gasteiger partial charge in [-0.2, -0.15) is 4.31 Å². The normalized spacial score (nSPS) is 14.1. The van der Waals surface area contributed by atoms with Crippen LogP contribution in [0.25, 0.3) is 10.9 Å². The lowest BCUT2D eigenvalue weighted by molar-refractivity contribution is 0.102. The summed E-state index contributed by atoms with van der Waals surface area (Å²) < 4.78 is 28.0. The van der Waals surface area contributed by atoms with Gasteiger partial charge in [0.15, 0.2) is 0 Å². The smallest absolute Gasteiger partial charge is 0.258 e. The average molecular weight is 461 g/mol. The second-order valence-electron chi connectivity index (χ2n) is 7.80. The van der Waals surface area contributed by atoms with Crippen LogP contribution in [0.5, 0.6) is 0 Å². The Kier molecular flexibility index (Phi) is 5.27. The number of rotatable bonds is 4. The number of carbonyl (C=O) groups is 1. The topological polar surface area (TPSA) is 112 Å². The Bertz CT molecular complexity index is 1550. The molecule has 0 saturated carbocycles. The zero-order valence-electron chi connectivity index (χ0n) is 17.5. The highest BCUT2D eigenvalue weighted by Gasteiger charge is 2.28. The zero-order chi connectivity index (χ0) is 23.0. The summed E-state index contributed by atoms with van der Waals surface area (Å²) in [4.78, 5) is 31.5. The van der Waals surface area contributed by atoms with Gasteiger partial charge in [0.2, 0.25) is 10.0 Å². The molecule has 0 radical (unpaired) electrons. The number of fused-ring (bicyclic) bond motifs is 2. The standard InChI is InChI=1S/C24H20N4O4S/c29-23(27-19-8-9-22-21(13-19)24(30)26-15-25-22)17-6-3-7-20(12-17)33(31,32)28-11-10-16-4-1-2-5-18(16)14-28/h1-9,12-13,15H,10-11,14H2,(H,27,29)(H,25,26,30). The lowest BCUT2D eigenvalue weighted by Crippen LogP contribution is -2.36. The number of amides is 1. The minimum atomic E-state index is -3.77. The second-order valence-corrected chi connectivity index (χ2v) is 9.74. The van der Waals surface area contributed by atoms with Crippen molar-refractivity contribution < 1.29 is 13.2 Å². The summed E-state index contributed by atoms with van der Waals surface area (Å²) in [6.07, 6.45) is 1.96. The van der Waals surface area contributed by atoms with E-state index in [0.29, 0.717) is 36.1 Å². The van der Waals surface area contributed by atoms with Crippen LogP contribution < -0.4 is 10.9 Å². The number of anilines is 1. The van der Waals surface area contributed by atoms with Crippen LogP contribution in [0.4, 0.5) is 5.69 Å². The summed E-state index contributed by atoms with van der Waals surface area (Å²) in [5.41, 5.74) is 2.95. The monoisotopic (exact) mass is 460 g/mol. The maximum atomic E-state index is 13.3. The van der Waals surface area contributed by atoms with E-state index in [1.807, 2.05) is 24.3 Å². The van der Waals surface area contributed by atoms with E-state index in [1.165, 1.54) is 28.8 Å². The van der Waals surface area contributed by atoms with Gasteiger partial charge in [-0.25, -0.2) is 13.4 Å². The van der Waals surface area contributed by atoms with Crippen molar-refractivity contribution in [1.29, 1.82) is 0 Å². The number of nitrogens with zero attached hydrogens (tertiary/aromatic N) is 2. The number of nitrogens with one attached hydrogen (secondary N) is 2. The van der Waals surface area contributed by atoms with Gasteiger partial charge in [0.25, 0.3) is 11.5 Å². The van der Waals surface area contributed by atoms with Crippen LogP contribution in [-0.4, -0.2) is 35.1 Å². The van der Waals surface area contributed by atoms with Crippen molar-refractivity contribution in [2.45, 2.75) is 17.9 Å². The Hall–Kier alpha value is -3.82. The van der Waals surface area contributed by atoms with E-state index in [2.05, 4.69) is 15.3 Å². The Morgan fingerprint density at radius 3 is 2.67 bits per heavy atom. The van der Waals surface area contributed by atoms with E-state index in [4.69, 9.17) is 0 Å². The zero-order valence-corrected chi connectivity index (χ0v) is 18.3. The van der Waals surface area contributed by atoms with Crippen LogP contribution >= 0.6 is 0 Å². The van der Waals surface area contributed by atoms with E-state index < -0.39 is 15.9 Å². The summed E-state index contributed by atoms with van der Waals surface area (Å²) in [6.45, 7) is 0.685. The largest absolute Gasteiger partial charge is 0.322 e. The summed E-state index contributed by atoms with van der Waals surface area (Å²) in [7, 11) is -3.77. The van der Waals surface area contributed by atoms with Crippen LogP contribution in [0.15, 0.2) is 82.7 Å². The van der Waals surface area contributed by atoms with Gasteiger partial charge in [0, 0.05) is 24.3 Å². The summed E-state index contributed by atoms with van der Waals surface area (Å²) in [5.74, 6) is -0.476. The molecule has 0 atom stereocenters. The first kappa shape index (κ1) is 21.0. The van der Waals surface area contributed by atoms with Gasteiger partial charge in [0.1, 0.15) is 0 Å². The number of aromatic amines is 1. The van der Waals surface area contributed by atoms with Crippen molar-refractivity contribution in [2.24, 2.45) is 0 Å². The number of H-pyrrole nitrogens is 1. The molecule has 0 saturated heterocycles. The maximum Gasteiger partial charge on any atom is 0.258 e. The van der Waals surface area contributed by atoms with Crippen LogP contribution in [0.2, 0.25) is 0 Å². The molecule has 1 aliphatic heterocycles. The van der Waals surface area contributed by atoms with Crippen molar-refractivity contribution in [2.75, 3.05) is 11.9 Å². The first-order valence-corrected chi connectivity index (χ1v) is 11.8. The fourth-order valence-electron chi connectivity index (χ4n) is 3.97. The third-order valence-electron chi connectivity index (χ3n) is 5.73. The molecule has 2 heterocycles. The van der Waals surface area contributed by atoms with Gasteiger partial charge in [0.05, 0.1) is 22.1 Å². The molecule has 3 aromatic carbocycles. The maximum absolute atomic E-state index is 13.3. The molecule has 8 nitrogen and oxygen atoms in total. The number of benzene rings is 3. The second kappa shape index (κ2) is 8.27. The molecule has 33 heavy (non-hydrogen) atoms. The molecule has 166 valence electrons. The van der Waals surface area contributed by atoms with Crippen LogP contribution in [0.3, 0.4) is 0 Å². The Morgan fingerprint density at radius 2 is 1.82 bits per heavy atom. The first-order valence-electron chi connectivity index (χ1n) is 10.4. The van der Waals surface area contributed by atoms with Crippen molar-refractivity contribution >= 4 is 32.5 Å². The fraction of sp³-hybridized carbons (Fsp3) is 0.125. The molecule has 0 bridgehead atoms. The van der Waals surface area contributed by atoms with Gasteiger partial charge in [-0.1, -0.05) is 30.3 Å².